The van der Waals surface area contributed by atoms with Crippen LogP contribution in [0.15, 0.2) is 42.0 Å². The quantitative estimate of drug-likeness (QED) is 0.470. The van der Waals surface area contributed by atoms with Crippen LogP contribution in [0.3, 0.4) is 0 Å². The molecule has 148 valence electrons. The Bertz CT molecular complexity index is 1090. The molecule has 0 aliphatic heterocycles. The molecule has 0 fully saturated rings. The predicted octanol–water partition coefficient (Wildman–Crippen LogP) is 4.83. The topological polar surface area (TPSA) is 83.6 Å². The lowest BCUT2D eigenvalue weighted by molar-refractivity contribution is -0.112. The highest BCUT2D eigenvalue weighted by Crippen LogP contribution is 2.26. The van der Waals surface area contributed by atoms with E-state index in [2.05, 4.69) is 33.9 Å². The van der Waals surface area contributed by atoms with Gasteiger partial charge in [0, 0.05) is 23.5 Å². The zero-order chi connectivity index (χ0) is 21.0. The number of nitrogens with one attached hydrogen (secondary N) is 1. The fourth-order valence-corrected chi connectivity index (χ4v) is 3.80. The van der Waals surface area contributed by atoms with Crippen molar-refractivity contribution in [2.45, 2.75) is 34.2 Å². The largest absolute Gasteiger partial charge is 0.348 e. The van der Waals surface area contributed by atoms with Crippen molar-refractivity contribution >= 4 is 28.5 Å². The van der Waals surface area contributed by atoms with Crippen LogP contribution < -0.4 is 5.32 Å². The standard InChI is InChI=1S/C22H23N5OS/c1-14(2)13-27-15(3)10-18(16(27)4)11-19(12-23)20(28)24-22-26-25-21(29-22)17-8-6-5-7-9-17/h5-11,14H,13H2,1-4H3,(H,24,26,28)/b19-11+. The van der Waals surface area contributed by atoms with Gasteiger partial charge in [-0.25, -0.2) is 0 Å². The molecule has 0 spiro atoms. The lowest BCUT2D eigenvalue weighted by Gasteiger charge is -2.12. The molecular formula is C22H23N5OS. The first-order chi connectivity index (χ1) is 13.9. The normalized spacial score (nSPS) is 11.5. The average molecular weight is 406 g/mol. The second kappa shape index (κ2) is 8.84. The third-order valence-corrected chi connectivity index (χ3v) is 5.38. The van der Waals surface area contributed by atoms with Crippen molar-refractivity contribution in [2.24, 2.45) is 5.92 Å². The highest BCUT2D eigenvalue weighted by atomic mass is 32.1. The van der Waals surface area contributed by atoms with E-state index in [9.17, 15) is 10.1 Å². The molecule has 2 heterocycles. The van der Waals surface area contributed by atoms with E-state index in [-0.39, 0.29) is 5.57 Å². The van der Waals surface area contributed by atoms with E-state index in [1.165, 1.54) is 11.3 Å². The van der Waals surface area contributed by atoms with Crippen LogP contribution in [-0.2, 0) is 11.3 Å². The summed E-state index contributed by atoms with van der Waals surface area (Å²) in [5.74, 6) is 0.0171. The highest BCUT2D eigenvalue weighted by Gasteiger charge is 2.16. The summed E-state index contributed by atoms with van der Waals surface area (Å²) >= 11 is 1.27. The number of nitriles is 1. The number of rotatable bonds is 6. The summed E-state index contributed by atoms with van der Waals surface area (Å²) < 4.78 is 2.21. The highest BCUT2D eigenvalue weighted by molar-refractivity contribution is 7.18. The minimum atomic E-state index is -0.489. The van der Waals surface area contributed by atoms with Gasteiger partial charge in [0.1, 0.15) is 16.6 Å². The smallest absolute Gasteiger partial charge is 0.268 e. The van der Waals surface area contributed by atoms with Crippen LogP contribution in [0.1, 0.15) is 30.8 Å². The van der Waals surface area contributed by atoms with Crippen LogP contribution in [0.4, 0.5) is 5.13 Å². The summed E-state index contributed by atoms with van der Waals surface area (Å²) in [5.41, 5.74) is 3.98. The van der Waals surface area contributed by atoms with Crippen molar-refractivity contribution in [2.75, 3.05) is 5.32 Å². The zero-order valence-corrected chi connectivity index (χ0v) is 17.7. The molecular weight excluding hydrogens is 382 g/mol. The van der Waals surface area contributed by atoms with Crippen molar-refractivity contribution in [1.82, 2.24) is 14.8 Å². The first-order valence-electron chi connectivity index (χ1n) is 9.37. The first kappa shape index (κ1) is 20.5. The lowest BCUT2D eigenvalue weighted by Crippen LogP contribution is -2.13. The Kier molecular flexibility index (Phi) is 6.25. The molecule has 3 rings (SSSR count). The third-order valence-electron chi connectivity index (χ3n) is 4.49. The van der Waals surface area contributed by atoms with Crippen molar-refractivity contribution in [3.8, 4) is 16.6 Å². The lowest BCUT2D eigenvalue weighted by atomic mass is 10.1. The van der Waals surface area contributed by atoms with E-state index in [0.717, 1.165) is 29.1 Å². The maximum atomic E-state index is 12.6. The zero-order valence-electron chi connectivity index (χ0n) is 16.9. The first-order valence-corrected chi connectivity index (χ1v) is 10.2. The summed E-state index contributed by atoms with van der Waals surface area (Å²) in [5, 5.41) is 21.4. The maximum absolute atomic E-state index is 12.6. The molecule has 2 aromatic heterocycles. The molecule has 0 aliphatic rings. The fraction of sp³-hybridized carbons (Fsp3) is 0.273. The third kappa shape index (κ3) is 4.79. The summed E-state index contributed by atoms with van der Waals surface area (Å²) in [6.45, 7) is 9.26. The van der Waals surface area contributed by atoms with Gasteiger partial charge in [-0.1, -0.05) is 55.5 Å². The van der Waals surface area contributed by atoms with Crippen molar-refractivity contribution < 1.29 is 4.79 Å². The van der Waals surface area contributed by atoms with Gasteiger partial charge < -0.3 is 4.57 Å². The molecule has 1 aromatic carbocycles. The van der Waals surface area contributed by atoms with E-state index >= 15 is 0 Å². The number of anilines is 1. The average Bonchev–Trinajstić information content (AvgIpc) is 3.26. The fourth-order valence-electron chi connectivity index (χ4n) is 3.06. The molecule has 7 heteroatoms. The summed E-state index contributed by atoms with van der Waals surface area (Å²) in [6.07, 6.45) is 1.63. The predicted molar refractivity (Wildman–Crippen MR) is 116 cm³/mol. The monoisotopic (exact) mass is 405 g/mol. The Hall–Kier alpha value is -3.24. The summed E-state index contributed by atoms with van der Waals surface area (Å²) in [4.78, 5) is 12.6. The number of aryl methyl sites for hydroxylation is 1. The van der Waals surface area contributed by atoms with Crippen molar-refractivity contribution in [3.63, 3.8) is 0 Å². The van der Waals surface area contributed by atoms with Crippen LogP contribution >= 0.6 is 11.3 Å². The molecule has 1 amide bonds. The number of hydrogen-bond donors (Lipinski definition) is 1. The summed E-state index contributed by atoms with van der Waals surface area (Å²) in [7, 11) is 0. The van der Waals surface area contributed by atoms with Gasteiger partial charge in [-0.05, 0) is 37.5 Å². The SMILES string of the molecule is Cc1cc(/C=C(\C#N)C(=O)Nc2nnc(-c3ccccc3)s2)c(C)n1CC(C)C. The van der Waals surface area contributed by atoms with E-state index < -0.39 is 5.91 Å². The van der Waals surface area contributed by atoms with Crippen molar-refractivity contribution in [1.29, 1.82) is 5.26 Å². The number of carbonyl (C=O) groups excluding carboxylic acids is 1. The number of nitrogens with zero attached hydrogens (tertiary/aromatic N) is 4. The minimum absolute atomic E-state index is 0.0336. The number of benzene rings is 1. The van der Waals surface area contributed by atoms with Gasteiger partial charge in [-0.3, -0.25) is 10.1 Å². The van der Waals surface area contributed by atoms with E-state index in [1.54, 1.807) is 6.08 Å². The number of aromatic nitrogens is 3. The number of hydrogen-bond acceptors (Lipinski definition) is 5. The van der Waals surface area contributed by atoms with Crippen LogP contribution in [0.2, 0.25) is 0 Å². The van der Waals surface area contributed by atoms with E-state index in [4.69, 9.17) is 0 Å². The van der Waals surface area contributed by atoms with Crippen LogP contribution in [-0.4, -0.2) is 20.7 Å². The molecule has 6 nitrogen and oxygen atoms in total. The van der Waals surface area contributed by atoms with Gasteiger partial charge >= 0.3 is 0 Å². The van der Waals surface area contributed by atoms with Crippen molar-refractivity contribution in [3.05, 3.63) is 58.9 Å². The van der Waals surface area contributed by atoms with Crippen LogP contribution in [0, 0.1) is 31.1 Å². The van der Waals surface area contributed by atoms with Crippen LogP contribution in [0.5, 0.6) is 0 Å². The molecule has 29 heavy (non-hydrogen) atoms. The molecule has 0 saturated heterocycles. The number of carbonyl (C=O) groups is 1. The Morgan fingerprint density at radius 1 is 1.28 bits per heavy atom. The van der Waals surface area contributed by atoms with Gasteiger partial charge in [0.05, 0.1) is 0 Å². The molecule has 0 radical (unpaired) electrons. The van der Waals surface area contributed by atoms with Gasteiger partial charge in [0.2, 0.25) is 5.13 Å². The van der Waals surface area contributed by atoms with E-state index in [0.29, 0.717) is 16.1 Å². The Morgan fingerprint density at radius 3 is 2.66 bits per heavy atom. The second-order valence-corrected chi connectivity index (χ2v) is 8.21. The number of amides is 1. The second-order valence-electron chi connectivity index (χ2n) is 7.23. The Labute approximate surface area is 174 Å². The van der Waals surface area contributed by atoms with Crippen LogP contribution in [0.25, 0.3) is 16.6 Å². The Balaban J connectivity index is 1.80. The molecule has 0 saturated carbocycles. The molecule has 3 aromatic rings. The Morgan fingerprint density at radius 2 is 2.00 bits per heavy atom. The molecule has 0 bridgehead atoms. The molecule has 0 atom stereocenters. The maximum Gasteiger partial charge on any atom is 0.268 e. The summed E-state index contributed by atoms with van der Waals surface area (Å²) in [6, 6.07) is 13.6. The van der Waals surface area contributed by atoms with Gasteiger partial charge in [0.15, 0.2) is 0 Å². The molecule has 0 aliphatic carbocycles. The molecule has 1 N–H and O–H groups in total. The van der Waals surface area contributed by atoms with Gasteiger partial charge in [-0.15, -0.1) is 10.2 Å². The molecule has 0 unspecified atom stereocenters. The van der Waals surface area contributed by atoms with Gasteiger partial charge in [-0.2, -0.15) is 5.26 Å². The minimum Gasteiger partial charge on any atom is -0.348 e. The van der Waals surface area contributed by atoms with Gasteiger partial charge in [0.25, 0.3) is 5.91 Å². The van der Waals surface area contributed by atoms with E-state index in [1.807, 2.05) is 56.3 Å².